The smallest absolute Gasteiger partial charge is 0.290 e. The van der Waals surface area contributed by atoms with Crippen LogP contribution in [0.25, 0.3) is 0 Å². The number of pyridine rings is 1. The number of nitrogens with zero attached hydrogens (tertiary/aromatic N) is 1. The van der Waals surface area contributed by atoms with Crippen LogP contribution in [0, 0.1) is 0 Å². The Bertz CT molecular complexity index is 401. The molecule has 0 fully saturated rings. The van der Waals surface area contributed by atoms with E-state index >= 15 is 0 Å². The van der Waals surface area contributed by atoms with E-state index in [1.807, 2.05) is 0 Å². The molecule has 1 aromatic rings. The molecule has 4 heteroatoms. The van der Waals surface area contributed by atoms with Gasteiger partial charge in [-0.3, -0.25) is 9.78 Å². The number of aryl methyl sites for hydroxylation is 1. The SMILES string of the molecule is CC(=O)c1cnc2c(c1)CCC2(F)F. The molecule has 0 aliphatic heterocycles. The van der Waals surface area contributed by atoms with E-state index < -0.39 is 5.92 Å². The lowest BCUT2D eigenvalue weighted by Crippen LogP contribution is -2.10. The van der Waals surface area contributed by atoms with Gasteiger partial charge in [-0.15, -0.1) is 0 Å². The second kappa shape index (κ2) is 2.83. The molecule has 14 heavy (non-hydrogen) atoms. The van der Waals surface area contributed by atoms with Gasteiger partial charge in [0.05, 0.1) is 0 Å². The predicted octanol–water partition coefficient (Wildman–Crippen LogP) is 2.32. The van der Waals surface area contributed by atoms with Gasteiger partial charge in [0.1, 0.15) is 5.69 Å². The van der Waals surface area contributed by atoms with Gasteiger partial charge in [-0.05, 0) is 25.0 Å². The highest BCUT2D eigenvalue weighted by Gasteiger charge is 2.40. The lowest BCUT2D eigenvalue weighted by Gasteiger charge is -2.08. The summed E-state index contributed by atoms with van der Waals surface area (Å²) in [5.41, 5.74) is 0.742. The molecule has 1 aromatic heterocycles. The Morgan fingerprint density at radius 1 is 1.57 bits per heavy atom. The van der Waals surface area contributed by atoms with Crippen molar-refractivity contribution in [1.82, 2.24) is 4.98 Å². The highest BCUT2D eigenvalue weighted by Crippen LogP contribution is 2.40. The Labute approximate surface area is 80.0 Å². The standard InChI is InChI=1S/C10H9F2NO/c1-6(14)8-4-7-2-3-10(11,12)9(7)13-5-8/h4-5H,2-3H2,1H3. The summed E-state index contributed by atoms with van der Waals surface area (Å²) in [6.45, 7) is 1.40. The van der Waals surface area contributed by atoms with Crippen LogP contribution in [0.4, 0.5) is 8.78 Å². The third-order valence-electron chi connectivity index (χ3n) is 2.43. The summed E-state index contributed by atoms with van der Waals surface area (Å²) in [7, 11) is 0. The van der Waals surface area contributed by atoms with Gasteiger partial charge in [-0.1, -0.05) is 0 Å². The molecule has 2 nitrogen and oxygen atoms in total. The van der Waals surface area contributed by atoms with E-state index in [9.17, 15) is 13.6 Å². The Balaban J connectivity index is 2.49. The maximum absolute atomic E-state index is 13.1. The molecule has 0 N–H and O–H groups in total. The first-order chi connectivity index (χ1) is 6.50. The van der Waals surface area contributed by atoms with Crippen molar-refractivity contribution >= 4 is 5.78 Å². The minimum absolute atomic E-state index is 0.143. The fourth-order valence-corrected chi connectivity index (χ4v) is 1.63. The largest absolute Gasteiger partial charge is 0.294 e. The van der Waals surface area contributed by atoms with Crippen molar-refractivity contribution in [1.29, 1.82) is 0 Å². The first kappa shape index (κ1) is 9.24. The van der Waals surface area contributed by atoms with E-state index in [0.29, 0.717) is 17.5 Å². The number of hydrogen-bond acceptors (Lipinski definition) is 2. The van der Waals surface area contributed by atoms with Crippen molar-refractivity contribution in [2.75, 3.05) is 0 Å². The van der Waals surface area contributed by atoms with Crippen LogP contribution in [0.15, 0.2) is 12.3 Å². The predicted molar refractivity (Wildman–Crippen MR) is 46.5 cm³/mol. The zero-order valence-electron chi connectivity index (χ0n) is 7.68. The highest BCUT2D eigenvalue weighted by molar-refractivity contribution is 5.93. The number of ketones is 1. The topological polar surface area (TPSA) is 30.0 Å². The van der Waals surface area contributed by atoms with E-state index in [1.165, 1.54) is 19.2 Å². The van der Waals surface area contributed by atoms with Gasteiger partial charge in [-0.25, -0.2) is 0 Å². The number of fused-ring (bicyclic) bond motifs is 1. The molecule has 1 aliphatic carbocycles. The van der Waals surface area contributed by atoms with E-state index in [4.69, 9.17) is 0 Å². The molecule has 0 aromatic carbocycles. The lowest BCUT2D eigenvalue weighted by molar-refractivity contribution is -0.00594. The van der Waals surface area contributed by atoms with Crippen molar-refractivity contribution in [3.05, 3.63) is 29.1 Å². The first-order valence-electron chi connectivity index (χ1n) is 4.39. The van der Waals surface area contributed by atoms with Crippen molar-refractivity contribution in [2.45, 2.75) is 25.7 Å². The summed E-state index contributed by atoms with van der Waals surface area (Å²) < 4.78 is 26.2. The van der Waals surface area contributed by atoms with Gasteiger partial charge >= 0.3 is 0 Å². The van der Waals surface area contributed by atoms with Crippen LogP contribution >= 0.6 is 0 Å². The molecule has 0 atom stereocenters. The molecule has 1 aliphatic rings. The number of halogens is 2. The number of rotatable bonds is 1. The molecule has 0 spiro atoms. The average molecular weight is 197 g/mol. The first-order valence-corrected chi connectivity index (χ1v) is 4.39. The van der Waals surface area contributed by atoms with Crippen LogP contribution in [0.2, 0.25) is 0 Å². The van der Waals surface area contributed by atoms with Gasteiger partial charge < -0.3 is 0 Å². The van der Waals surface area contributed by atoms with Gasteiger partial charge in [0.25, 0.3) is 5.92 Å². The van der Waals surface area contributed by atoms with E-state index in [0.717, 1.165) is 0 Å². The molecule has 0 radical (unpaired) electrons. The molecule has 74 valence electrons. The number of carbonyl (C=O) groups is 1. The van der Waals surface area contributed by atoms with Crippen LogP contribution < -0.4 is 0 Å². The maximum Gasteiger partial charge on any atom is 0.290 e. The average Bonchev–Trinajstić information content (AvgIpc) is 2.42. The molecule has 0 saturated carbocycles. The van der Waals surface area contributed by atoms with Crippen LogP contribution in [0.1, 0.15) is 35.0 Å². The van der Waals surface area contributed by atoms with Crippen molar-refractivity contribution in [2.24, 2.45) is 0 Å². The summed E-state index contributed by atoms with van der Waals surface area (Å²) in [6.07, 6.45) is 1.33. The van der Waals surface area contributed by atoms with Gasteiger partial charge in [0.2, 0.25) is 0 Å². The summed E-state index contributed by atoms with van der Waals surface area (Å²) in [4.78, 5) is 14.6. The summed E-state index contributed by atoms with van der Waals surface area (Å²) in [6, 6.07) is 1.52. The molecule has 0 amide bonds. The third kappa shape index (κ3) is 1.31. The van der Waals surface area contributed by atoms with Crippen LogP contribution in [0.3, 0.4) is 0 Å². The zero-order valence-corrected chi connectivity index (χ0v) is 7.68. The second-order valence-corrected chi connectivity index (χ2v) is 3.49. The van der Waals surface area contributed by atoms with E-state index in [1.54, 1.807) is 0 Å². The van der Waals surface area contributed by atoms with E-state index in [2.05, 4.69) is 4.98 Å². The maximum atomic E-state index is 13.1. The summed E-state index contributed by atoms with van der Waals surface area (Å²) in [5.74, 6) is -2.96. The monoisotopic (exact) mass is 197 g/mol. The third-order valence-corrected chi connectivity index (χ3v) is 2.43. The Kier molecular flexibility index (Phi) is 1.87. The minimum Gasteiger partial charge on any atom is -0.294 e. The Morgan fingerprint density at radius 2 is 2.29 bits per heavy atom. The van der Waals surface area contributed by atoms with Crippen LogP contribution in [-0.4, -0.2) is 10.8 Å². The second-order valence-electron chi connectivity index (χ2n) is 3.49. The number of Topliss-reactive ketones (excluding diaryl/α,β-unsaturated/α-hetero) is 1. The molecular weight excluding hydrogens is 188 g/mol. The molecule has 0 unspecified atom stereocenters. The van der Waals surface area contributed by atoms with Gasteiger partial charge in [0, 0.05) is 18.2 Å². The van der Waals surface area contributed by atoms with Gasteiger partial charge in [0.15, 0.2) is 5.78 Å². The fraction of sp³-hybridized carbons (Fsp3) is 0.400. The van der Waals surface area contributed by atoms with Crippen molar-refractivity contribution < 1.29 is 13.6 Å². The zero-order chi connectivity index (χ0) is 10.3. The summed E-state index contributed by atoms with van der Waals surface area (Å²) in [5, 5.41) is 0. The van der Waals surface area contributed by atoms with E-state index in [-0.39, 0.29) is 17.9 Å². The van der Waals surface area contributed by atoms with Crippen LogP contribution in [-0.2, 0) is 12.3 Å². The van der Waals surface area contributed by atoms with Crippen LogP contribution in [0.5, 0.6) is 0 Å². The molecular formula is C10H9F2NO. The van der Waals surface area contributed by atoms with Gasteiger partial charge in [-0.2, -0.15) is 8.78 Å². The molecule has 1 heterocycles. The van der Waals surface area contributed by atoms with Crippen molar-refractivity contribution in [3.8, 4) is 0 Å². The fourth-order valence-electron chi connectivity index (χ4n) is 1.63. The highest BCUT2D eigenvalue weighted by atomic mass is 19.3. The lowest BCUT2D eigenvalue weighted by atomic mass is 10.1. The minimum atomic E-state index is -2.81. The van der Waals surface area contributed by atoms with Crippen molar-refractivity contribution in [3.63, 3.8) is 0 Å². The normalized spacial score (nSPS) is 17.9. The number of carbonyl (C=O) groups excluding carboxylic acids is 1. The summed E-state index contributed by atoms with van der Waals surface area (Å²) >= 11 is 0. The quantitative estimate of drug-likeness (QED) is 0.646. The molecule has 2 rings (SSSR count). The number of hydrogen-bond donors (Lipinski definition) is 0. The number of aromatic nitrogens is 1. The number of alkyl halides is 2. The molecule has 0 saturated heterocycles. The Hall–Kier alpha value is -1.32. The molecule has 0 bridgehead atoms. The Morgan fingerprint density at radius 3 is 2.93 bits per heavy atom.